The van der Waals surface area contributed by atoms with Gasteiger partial charge < -0.3 is 4.57 Å². The Bertz CT molecular complexity index is 984. The van der Waals surface area contributed by atoms with Crippen LogP contribution in [0.3, 0.4) is 0 Å². The Hall–Kier alpha value is -3.11. The number of thioether (sulfide) groups is 1. The Morgan fingerprint density at radius 1 is 1.29 bits per heavy atom. The Morgan fingerprint density at radius 2 is 2.00 bits per heavy atom. The molecule has 0 aliphatic heterocycles. The molecule has 0 spiro atoms. The van der Waals surface area contributed by atoms with Crippen molar-refractivity contribution in [3.8, 4) is 6.07 Å². The lowest BCUT2D eigenvalue weighted by Gasteiger charge is -2.01. The van der Waals surface area contributed by atoms with Crippen molar-refractivity contribution in [3.63, 3.8) is 0 Å². The highest BCUT2D eigenvalue weighted by Gasteiger charge is 2.10. The van der Waals surface area contributed by atoms with Gasteiger partial charge in [0.1, 0.15) is 6.07 Å². The summed E-state index contributed by atoms with van der Waals surface area (Å²) in [5.74, 6) is 0. The van der Waals surface area contributed by atoms with Crippen molar-refractivity contribution < 1.29 is 4.92 Å². The molecule has 118 valence electrons. The van der Waals surface area contributed by atoms with Gasteiger partial charge in [0.05, 0.1) is 20.9 Å². The summed E-state index contributed by atoms with van der Waals surface area (Å²) in [6.07, 6.45) is 1.69. The Kier molecular flexibility index (Phi) is 4.31. The van der Waals surface area contributed by atoms with Crippen LogP contribution in [0, 0.1) is 21.4 Å². The maximum Gasteiger partial charge on any atom is 0.269 e. The van der Waals surface area contributed by atoms with E-state index < -0.39 is 4.92 Å². The predicted octanol–water partition coefficient (Wildman–Crippen LogP) is 4.14. The number of nitro groups is 1. The van der Waals surface area contributed by atoms with E-state index in [0.717, 1.165) is 16.6 Å². The molecule has 0 aliphatic carbocycles. The number of allylic oxidation sites excluding steroid dienone is 1. The van der Waals surface area contributed by atoms with E-state index in [4.69, 9.17) is 0 Å². The third-order valence-corrected chi connectivity index (χ3v) is 4.44. The van der Waals surface area contributed by atoms with Crippen LogP contribution < -0.4 is 0 Å². The Morgan fingerprint density at radius 3 is 2.62 bits per heavy atom. The highest BCUT2D eigenvalue weighted by molar-refractivity contribution is 8.03. The van der Waals surface area contributed by atoms with E-state index in [1.54, 1.807) is 18.2 Å². The summed E-state index contributed by atoms with van der Waals surface area (Å²) < 4.78 is 1.93. The number of hydrogen-bond acceptors (Lipinski definition) is 5. The van der Waals surface area contributed by atoms with Crippen LogP contribution in [-0.2, 0) is 7.05 Å². The molecule has 0 fully saturated rings. The molecular formula is C17H12N4O2S. The number of rotatable bonds is 4. The lowest BCUT2D eigenvalue weighted by molar-refractivity contribution is -0.384. The smallest absolute Gasteiger partial charge is 0.269 e. The number of hydrogen-bond donors (Lipinski definition) is 0. The topological polar surface area (TPSA) is 84.8 Å². The summed E-state index contributed by atoms with van der Waals surface area (Å²) in [7, 11) is 1.90. The maximum absolute atomic E-state index is 10.7. The molecule has 0 saturated heterocycles. The van der Waals surface area contributed by atoms with Crippen molar-refractivity contribution in [3.05, 3.63) is 69.1 Å². The van der Waals surface area contributed by atoms with Crippen LogP contribution in [0.1, 0.15) is 5.56 Å². The summed E-state index contributed by atoms with van der Waals surface area (Å²) in [5, 5.41) is 20.8. The molecule has 6 nitrogen and oxygen atoms in total. The van der Waals surface area contributed by atoms with Crippen LogP contribution in [0.2, 0.25) is 0 Å². The predicted molar refractivity (Wildman–Crippen MR) is 93.3 cm³/mol. The zero-order chi connectivity index (χ0) is 17.1. The van der Waals surface area contributed by atoms with Gasteiger partial charge in [0.25, 0.3) is 5.69 Å². The van der Waals surface area contributed by atoms with Gasteiger partial charge in [-0.2, -0.15) is 5.26 Å². The van der Waals surface area contributed by atoms with Crippen LogP contribution in [0.5, 0.6) is 0 Å². The largest absolute Gasteiger partial charge is 0.322 e. The molecule has 0 unspecified atom stereocenters. The van der Waals surface area contributed by atoms with Gasteiger partial charge in [-0.3, -0.25) is 10.1 Å². The fourth-order valence-corrected chi connectivity index (χ4v) is 3.06. The molecule has 2 aromatic carbocycles. The summed E-state index contributed by atoms with van der Waals surface area (Å²) in [4.78, 5) is 15.2. The van der Waals surface area contributed by atoms with Crippen LogP contribution in [0.4, 0.5) is 5.69 Å². The number of non-ortho nitro benzene ring substituents is 1. The van der Waals surface area contributed by atoms with E-state index >= 15 is 0 Å². The summed E-state index contributed by atoms with van der Waals surface area (Å²) in [5.41, 5.74) is 2.61. The SMILES string of the molecule is Cn1c(S/C(C#N)=C/c2ccc([N+](=O)[O-])cc2)nc2ccccc21. The number of para-hydroxylation sites is 2. The molecule has 0 bridgehead atoms. The number of nitro benzene ring substituents is 1. The van der Waals surface area contributed by atoms with Gasteiger partial charge in [0.2, 0.25) is 0 Å². The quantitative estimate of drug-likeness (QED) is 0.309. The van der Waals surface area contributed by atoms with Crippen molar-refractivity contribution in [2.45, 2.75) is 5.16 Å². The third-order valence-electron chi connectivity index (χ3n) is 3.46. The monoisotopic (exact) mass is 336 g/mol. The van der Waals surface area contributed by atoms with E-state index in [-0.39, 0.29) is 5.69 Å². The number of aromatic nitrogens is 2. The molecule has 24 heavy (non-hydrogen) atoms. The van der Waals surface area contributed by atoms with Crippen molar-refractivity contribution >= 4 is 34.6 Å². The molecule has 0 saturated carbocycles. The average molecular weight is 336 g/mol. The second kappa shape index (κ2) is 6.56. The molecular weight excluding hydrogens is 324 g/mol. The fraction of sp³-hybridized carbons (Fsp3) is 0.0588. The van der Waals surface area contributed by atoms with Crippen molar-refractivity contribution in [1.82, 2.24) is 9.55 Å². The fourth-order valence-electron chi connectivity index (χ4n) is 2.24. The molecule has 0 N–H and O–H groups in total. The van der Waals surface area contributed by atoms with Crippen molar-refractivity contribution in [2.24, 2.45) is 7.05 Å². The molecule has 1 aromatic heterocycles. The summed E-state index contributed by atoms with van der Waals surface area (Å²) in [6.45, 7) is 0. The number of nitriles is 1. The average Bonchev–Trinajstić information content (AvgIpc) is 2.91. The Balaban J connectivity index is 1.89. The van der Waals surface area contributed by atoms with Crippen LogP contribution >= 0.6 is 11.8 Å². The molecule has 1 heterocycles. The minimum atomic E-state index is -0.451. The summed E-state index contributed by atoms with van der Waals surface area (Å²) >= 11 is 1.26. The van der Waals surface area contributed by atoms with Gasteiger partial charge in [-0.05, 0) is 47.7 Å². The van der Waals surface area contributed by atoms with Gasteiger partial charge in [0, 0.05) is 19.2 Å². The van der Waals surface area contributed by atoms with E-state index in [1.807, 2.05) is 35.9 Å². The van der Waals surface area contributed by atoms with E-state index in [0.29, 0.717) is 10.1 Å². The van der Waals surface area contributed by atoms with Gasteiger partial charge in [-0.1, -0.05) is 12.1 Å². The van der Waals surface area contributed by atoms with Crippen molar-refractivity contribution in [1.29, 1.82) is 5.26 Å². The van der Waals surface area contributed by atoms with Crippen molar-refractivity contribution in [2.75, 3.05) is 0 Å². The minimum Gasteiger partial charge on any atom is -0.322 e. The van der Waals surface area contributed by atoms with Gasteiger partial charge in [0.15, 0.2) is 5.16 Å². The van der Waals surface area contributed by atoms with E-state index in [1.165, 1.54) is 23.9 Å². The molecule has 0 atom stereocenters. The molecule has 3 aromatic rings. The molecule has 3 rings (SSSR count). The van der Waals surface area contributed by atoms with E-state index in [9.17, 15) is 15.4 Å². The zero-order valence-corrected chi connectivity index (χ0v) is 13.5. The highest BCUT2D eigenvalue weighted by Crippen LogP contribution is 2.29. The lowest BCUT2D eigenvalue weighted by Crippen LogP contribution is -1.90. The van der Waals surface area contributed by atoms with Crippen LogP contribution in [0.25, 0.3) is 17.1 Å². The summed E-state index contributed by atoms with van der Waals surface area (Å²) in [6, 6.07) is 16.0. The first kappa shape index (κ1) is 15.8. The maximum atomic E-state index is 10.7. The standard InChI is InChI=1S/C17H12N4O2S/c1-20-16-5-3-2-4-15(16)19-17(20)24-14(11-18)10-12-6-8-13(9-7-12)21(22)23/h2-10H,1H3/b14-10+. The molecule has 7 heteroatoms. The molecule has 0 amide bonds. The lowest BCUT2D eigenvalue weighted by atomic mass is 10.2. The van der Waals surface area contributed by atoms with Crippen LogP contribution in [0.15, 0.2) is 58.6 Å². The highest BCUT2D eigenvalue weighted by atomic mass is 32.2. The van der Waals surface area contributed by atoms with Gasteiger partial charge in [-0.15, -0.1) is 0 Å². The zero-order valence-electron chi connectivity index (χ0n) is 12.7. The molecule has 0 radical (unpaired) electrons. The normalized spacial score (nSPS) is 11.4. The third kappa shape index (κ3) is 3.14. The van der Waals surface area contributed by atoms with Gasteiger partial charge in [-0.25, -0.2) is 4.98 Å². The number of imidazole rings is 1. The van der Waals surface area contributed by atoms with Gasteiger partial charge >= 0.3 is 0 Å². The first-order chi connectivity index (χ1) is 11.6. The second-order valence-corrected chi connectivity index (χ2v) is 6.02. The number of benzene rings is 2. The number of nitrogens with zero attached hydrogens (tertiary/aromatic N) is 4. The van der Waals surface area contributed by atoms with Crippen LogP contribution in [-0.4, -0.2) is 14.5 Å². The Labute approximate surface area is 142 Å². The van der Waals surface area contributed by atoms with E-state index in [2.05, 4.69) is 11.1 Å². The second-order valence-electron chi connectivity index (χ2n) is 5.01. The minimum absolute atomic E-state index is 0.0219. The molecule has 0 aliphatic rings. The number of aryl methyl sites for hydroxylation is 1. The first-order valence-corrected chi connectivity index (χ1v) is 7.85. The number of fused-ring (bicyclic) bond motifs is 1. The first-order valence-electron chi connectivity index (χ1n) is 7.04.